The molecular weight excluding hydrogens is 256 g/mol. The van der Waals surface area contributed by atoms with Crippen LogP contribution in [0.2, 0.25) is 0 Å². The van der Waals surface area contributed by atoms with Crippen LogP contribution in [0.25, 0.3) is 10.9 Å². The fourth-order valence-corrected chi connectivity index (χ4v) is 2.61. The zero-order valence-corrected chi connectivity index (χ0v) is 11.6. The summed E-state index contributed by atoms with van der Waals surface area (Å²) in [5, 5.41) is 10.8. The lowest BCUT2D eigenvalue weighted by Gasteiger charge is -2.35. The lowest BCUT2D eigenvalue weighted by atomic mass is 10.2. The topological polar surface area (TPSA) is 70.2 Å². The summed E-state index contributed by atoms with van der Waals surface area (Å²) in [6, 6.07) is 5.62. The molecule has 3 rings (SSSR count). The van der Waals surface area contributed by atoms with E-state index in [1.165, 1.54) is 0 Å². The fourth-order valence-electron chi connectivity index (χ4n) is 2.61. The molecule has 106 valence electrons. The van der Waals surface area contributed by atoms with E-state index in [-0.39, 0.29) is 18.2 Å². The van der Waals surface area contributed by atoms with E-state index in [0.717, 1.165) is 16.6 Å². The number of aromatic nitrogens is 2. The number of rotatable bonds is 1. The molecule has 2 atom stereocenters. The van der Waals surface area contributed by atoms with E-state index < -0.39 is 0 Å². The molecule has 20 heavy (non-hydrogen) atoms. The molecule has 2 N–H and O–H groups in total. The van der Waals surface area contributed by atoms with E-state index in [1.54, 1.807) is 11.1 Å². The number of hydrogen-bond donors (Lipinski definition) is 2. The van der Waals surface area contributed by atoms with Crippen molar-refractivity contribution in [2.75, 3.05) is 18.4 Å². The van der Waals surface area contributed by atoms with Crippen molar-refractivity contribution in [3.05, 3.63) is 24.4 Å². The number of benzene rings is 1. The summed E-state index contributed by atoms with van der Waals surface area (Å²) in [6.07, 6.45) is 1.86. The highest BCUT2D eigenvalue weighted by Crippen LogP contribution is 2.21. The molecular formula is C14H18N4O2. The number of urea groups is 1. The largest absolute Gasteiger partial charge is 0.372 e. The third-order valence-corrected chi connectivity index (χ3v) is 3.43. The van der Waals surface area contributed by atoms with Gasteiger partial charge in [0, 0.05) is 18.5 Å². The number of hydrogen-bond acceptors (Lipinski definition) is 3. The predicted molar refractivity (Wildman–Crippen MR) is 76.7 cm³/mol. The molecule has 2 amide bonds. The molecule has 0 aliphatic carbocycles. The van der Waals surface area contributed by atoms with Crippen LogP contribution < -0.4 is 5.32 Å². The van der Waals surface area contributed by atoms with Gasteiger partial charge in [-0.2, -0.15) is 5.10 Å². The number of carbonyl (C=O) groups is 1. The molecule has 0 saturated carbocycles. The molecule has 0 bridgehead atoms. The molecule has 1 aromatic carbocycles. The summed E-state index contributed by atoms with van der Waals surface area (Å²) in [5.74, 6) is 0. The number of nitrogens with zero attached hydrogens (tertiary/aromatic N) is 2. The van der Waals surface area contributed by atoms with E-state index in [2.05, 4.69) is 15.5 Å². The van der Waals surface area contributed by atoms with E-state index in [0.29, 0.717) is 13.1 Å². The van der Waals surface area contributed by atoms with Crippen LogP contribution in [-0.2, 0) is 4.74 Å². The van der Waals surface area contributed by atoms with Gasteiger partial charge >= 0.3 is 6.03 Å². The number of carbonyl (C=O) groups excluding carboxylic acids is 1. The van der Waals surface area contributed by atoms with Gasteiger partial charge in [-0.15, -0.1) is 0 Å². The van der Waals surface area contributed by atoms with Gasteiger partial charge in [-0.3, -0.25) is 5.10 Å². The lowest BCUT2D eigenvalue weighted by Crippen LogP contribution is -2.49. The van der Waals surface area contributed by atoms with Crippen molar-refractivity contribution in [1.82, 2.24) is 15.1 Å². The quantitative estimate of drug-likeness (QED) is 0.837. The van der Waals surface area contributed by atoms with Gasteiger partial charge in [-0.25, -0.2) is 4.79 Å². The van der Waals surface area contributed by atoms with Crippen molar-refractivity contribution in [3.8, 4) is 0 Å². The van der Waals surface area contributed by atoms with Crippen molar-refractivity contribution >= 4 is 22.6 Å². The number of aromatic amines is 1. The van der Waals surface area contributed by atoms with E-state index in [9.17, 15) is 4.79 Å². The van der Waals surface area contributed by atoms with Crippen LogP contribution in [-0.4, -0.2) is 46.4 Å². The van der Waals surface area contributed by atoms with Crippen LogP contribution >= 0.6 is 0 Å². The van der Waals surface area contributed by atoms with Crippen LogP contribution in [0.1, 0.15) is 13.8 Å². The Morgan fingerprint density at radius 3 is 2.90 bits per heavy atom. The minimum absolute atomic E-state index is 0.0625. The lowest BCUT2D eigenvalue weighted by molar-refractivity contribution is -0.0530. The molecule has 6 nitrogen and oxygen atoms in total. The first-order valence-electron chi connectivity index (χ1n) is 6.77. The van der Waals surface area contributed by atoms with Crippen LogP contribution in [0, 0.1) is 0 Å². The van der Waals surface area contributed by atoms with Crippen molar-refractivity contribution in [2.24, 2.45) is 0 Å². The predicted octanol–water partition coefficient (Wildman–Crippen LogP) is 2.20. The Balaban J connectivity index is 1.77. The highest BCUT2D eigenvalue weighted by atomic mass is 16.5. The molecule has 6 heteroatoms. The number of H-pyrrole nitrogens is 1. The normalized spacial score (nSPS) is 23.0. The molecule has 1 saturated heterocycles. The Labute approximate surface area is 117 Å². The van der Waals surface area contributed by atoms with E-state index >= 15 is 0 Å². The summed E-state index contributed by atoms with van der Waals surface area (Å²) in [6.45, 7) is 5.17. The third-order valence-electron chi connectivity index (χ3n) is 3.43. The van der Waals surface area contributed by atoms with Crippen molar-refractivity contribution < 1.29 is 9.53 Å². The minimum atomic E-state index is -0.103. The molecule has 2 heterocycles. The summed E-state index contributed by atoms with van der Waals surface area (Å²) in [4.78, 5) is 14.1. The smallest absolute Gasteiger partial charge is 0.322 e. The molecule has 1 aliphatic rings. The van der Waals surface area contributed by atoms with Crippen molar-refractivity contribution in [1.29, 1.82) is 0 Å². The molecule has 0 spiro atoms. The SMILES string of the molecule is C[C@@H]1CN(C(=O)Nc2cccc3cn[nH]c23)C[C@H](C)O1. The number of ether oxygens (including phenoxy) is 1. The first kappa shape index (κ1) is 12.9. The number of amides is 2. The standard InChI is InChI=1S/C14H18N4O2/c1-9-7-18(8-10(2)20-9)14(19)16-12-5-3-4-11-6-15-17-13(11)12/h3-6,9-10H,7-8H2,1-2H3,(H,15,17)(H,16,19)/t9-,10+. The van der Waals surface area contributed by atoms with Gasteiger partial charge < -0.3 is 15.0 Å². The number of para-hydroxylation sites is 1. The minimum Gasteiger partial charge on any atom is -0.372 e. The van der Waals surface area contributed by atoms with Gasteiger partial charge in [-0.05, 0) is 19.9 Å². The second kappa shape index (κ2) is 5.13. The summed E-state index contributed by atoms with van der Waals surface area (Å²) in [7, 11) is 0. The zero-order chi connectivity index (χ0) is 14.1. The maximum atomic E-state index is 12.3. The second-order valence-corrected chi connectivity index (χ2v) is 5.23. The third kappa shape index (κ3) is 2.46. The number of nitrogens with one attached hydrogen (secondary N) is 2. The Morgan fingerprint density at radius 1 is 1.40 bits per heavy atom. The van der Waals surface area contributed by atoms with Crippen LogP contribution in [0.3, 0.4) is 0 Å². The number of morpholine rings is 1. The second-order valence-electron chi connectivity index (χ2n) is 5.23. The molecule has 1 aromatic heterocycles. The van der Waals surface area contributed by atoms with Gasteiger partial charge in [0.1, 0.15) is 0 Å². The highest BCUT2D eigenvalue weighted by molar-refractivity contribution is 5.99. The molecule has 1 fully saturated rings. The van der Waals surface area contributed by atoms with Crippen LogP contribution in [0.15, 0.2) is 24.4 Å². The van der Waals surface area contributed by atoms with Gasteiger partial charge in [0.15, 0.2) is 0 Å². The summed E-state index contributed by atoms with van der Waals surface area (Å²) in [5.41, 5.74) is 1.59. The first-order valence-corrected chi connectivity index (χ1v) is 6.77. The summed E-state index contributed by atoms with van der Waals surface area (Å²) < 4.78 is 5.64. The number of fused-ring (bicyclic) bond motifs is 1. The van der Waals surface area contributed by atoms with Gasteiger partial charge in [0.25, 0.3) is 0 Å². The van der Waals surface area contributed by atoms with Gasteiger partial charge in [0.05, 0.1) is 29.6 Å². The van der Waals surface area contributed by atoms with Gasteiger partial charge in [-0.1, -0.05) is 12.1 Å². The van der Waals surface area contributed by atoms with E-state index in [1.807, 2.05) is 32.0 Å². The summed E-state index contributed by atoms with van der Waals surface area (Å²) >= 11 is 0. The van der Waals surface area contributed by atoms with Crippen molar-refractivity contribution in [3.63, 3.8) is 0 Å². The van der Waals surface area contributed by atoms with Crippen LogP contribution in [0.4, 0.5) is 10.5 Å². The molecule has 2 aromatic rings. The molecule has 0 radical (unpaired) electrons. The van der Waals surface area contributed by atoms with Crippen LogP contribution in [0.5, 0.6) is 0 Å². The Hall–Kier alpha value is -2.08. The Morgan fingerprint density at radius 2 is 2.15 bits per heavy atom. The Bertz CT molecular complexity index is 614. The molecule has 0 unspecified atom stereocenters. The molecule has 1 aliphatic heterocycles. The first-order chi connectivity index (χ1) is 9.63. The monoisotopic (exact) mass is 274 g/mol. The highest BCUT2D eigenvalue weighted by Gasteiger charge is 2.26. The average Bonchev–Trinajstić information content (AvgIpc) is 2.87. The zero-order valence-electron chi connectivity index (χ0n) is 11.6. The number of anilines is 1. The Kier molecular flexibility index (Phi) is 3.31. The van der Waals surface area contributed by atoms with Gasteiger partial charge in [0.2, 0.25) is 0 Å². The maximum Gasteiger partial charge on any atom is 0.322 e. The maximum absolute atomic E-state index is 12.3. The average molecular weight is 274 g/mol. The van der Waals surface area contributed by atoms with Crippen molar-refractivity contribution in [2.45, 2.75) is 26.1 Å². The van der Waals surface area contributed by atoms with E-state index in [4.69, 9.17) is 4.74 Å². The fraction of sp³-hybridized carbons (Fsp3) is 0.429.